The van der Waals surface area contributed by atoms with Crippen molar-refractivity contribution in [2.75, 3.05) is 0 Å². The second kappa shape index (κ2) is 7.67. The van der Waals surface area contributed by atoms with Gasteiger partial charge in [-0.15, -0.1) is 0 Å². The van der Waals surface area contributed by atoms with Gasteiger partial charge in [0.1, 0.15) is 5.56 Å². The Hall–Kier alpha value is -4.07. The molecule has 0 bridgehead atoms. The standard InChI is InChI=1S/C20H14N2O6/c1-12(23)28-19-15-4-2-3-5-16(15)21-17(18(19)20(24)25)11-8-13-6-9-14(10-7-13)22(26)27/h2-11H,1H3,(H,24,25). The lowest BCUT2D eigenvalue weighted by molar-refractivity contribution is -0.384. The average molecular weight is 378 g/mol. The van der Waals surface area contributed by atoms with Crippen molar-refractivity contribution in [3.05, 3.63) is 75.5 Å². The van der Waals surface area contributed by atoms with Crippen LogP contribution in [0.4, 0.5) is 5.69 Å². The number of nitro benzene ring substituents is 1. The maximum absolute atomic E-state index is 11.9. The maximum Gasteiger partial charge on any atom is 0.341 e. The second-order valence-electron chi connectivity index (χ2n) is 5.80. The number of carbonyl (C=O) groups excluding carboxylic acids is 1. The van der Waals surface area contributed by atoms with Gasteiger partial charge in [-0.05, 0) is 35.9 Å². The molecule has 0 unspecified atom stereocenters. The zero-order chi connectivity index (χ0) is 20.3. The fraction of sp³-hybridized carbons (Fsp3) is 0.0500. The highest BCUT2D eigenvalue weighted by Crippen LogP contribution is 2.32. The van der Waals surface area contributed by atoms with Gasteiger partial charge in [-0.25, -0.2) is 9.78 Å². The predicted octanol–water partition coefficient (Wildman–Crippen LogP) is 3.94. The van der Waals surface area contributed by atoms with E-state index in [2.05, 4.69) is 4.98 Å². The van der Waals surface area contributed by atoms with E-state index in [0.717, 1.165) is 0 Å². The summed E-state index contributed by atoms with van der Waals surface area (Å²) >= 11 is 0. The minimum Gasteiger partial charge on any atom is -0.477 e. The van der Waals surface area contributed by atoms with Crippen molar-refractivity contribution in [3.8, 4) is 5.75 Å². The number of aromatic nitrogens is 1. The van der Waals surface area contributed by atoms with Gasteiger partial charge >= 0.3 is 11.9 Å². The molecule has 2 aromatic carbocycles. The molecule has 3 aromatic rings. The first-order chi connectivity index (χ1) is 13.4. The first kappa shape index (κ1) is 18.7. The third-order valence-electron chi connectivity index (χ3n) is 3.87. The van der Waals surface area contributed by atoms with Crippen LogP contribution in [0.5, 0.6) is 5.75 Å². The molecule has 8 heteroatoms. The van der Waals surface area contributed by atoms with E-state index < -0.39 is 16.9 Å². The number of carboxylic acids is 1. The van der Waals surface area contributed by atoms with Crippen molar-refractivity contribution in [1.82, 2.24) is 4.98 Å². The van der Waals surface area contributed by atoms with Crippen LogP contribution in [0.15, 0.2) is 48.5 Å². The number of para-hydroxylation sites is 1. The van der Waals surface area contributed by atoms with Crippen LogP contribution < -0.4 is 4.74 Å². The zero-order valence-electron chi connectivity index (χ0n) is 14.7. The first-order valence-electron chi connectivity index (χ1n) is 8.14. The topological polar surface area (TPSA) is 120 Å². The largest absolute Gasteiger partial charge is 0.477 e. The third-order valence-corrected chi connectivity index (χ3v) is 3.87. The SMILES string of the molecule is CC(=O)Oc1c(C(=O)O)c(C=Cc2ccc([N+](=O)[O-])cc2)nc2ccccc12. The molecule has 0 radical (unpaired) electrons. The lowest BCUT2D eigenvalue weighted by atomic mass is 10.1. The van der Waals surface area contributed by atoms with Gasteiger partial charge in [0.05, 0.1) is 16.1 Å². The molecule has 0 aliphatic rings. The van der Waals surface area contributed by atoms with Gasteiger partial charge < -0.3 is 9.84 Å². The Morgan fingerprint density at radius 2 is 1.79 bits per heavy atom. The van der Waals surface area contributed by atoms with Crippen LogP contribution in [-0.4, -0.2) is 27.0 Å². The number of rotatable bonds is 5. The molecular weight excluding hydrogens is 364 g/mol. The van der Waals surface area contributed by atoms with E-state index in [0.29, 0.717) is 16.5 Å². The number of carboxylic acid groups (broad SMARTS) is 1. The Kier molecular flexibility index (Phi) is 5.12. The number of ether oxygens (including phenoxy) is 1. The van der Waals surface area contributed by atoms with Crippen LogP contribution in [0.1, 0.15) is 28.5 Å². The predicted molar refractivity (Wildman–Crippen MR) is 102 cm³/mol. The van der Waals surface area contributed by atoms with Crippen molar-refractivity contribution >= 4 is 40.7 Å². The van der Waals surface area contributed by atoms with E-state index in [1.165, 1.54) is 37.3 Å². The normalized spacial score (nSPS) is 10.9. The fourth-order valence-electron chi connectivity index (χ4n) is 2.66. The van der Waals surface area contributed by atoms with Crippen molar-refractivity contribution in [3.63, 3.8) is 0 Å². The molecule has 28 heavy (non-hydrogen) atoms. The molecule has 3 rings (SSSR count). The Balaban J connectivity index is 2.13. The van der Waals surface area contributed by atoms with Gasteiger partial charge in [0, 0.05) is 24.4 Å². The molecule has 1 heterocycles. The molecule has 0 saturated carbocycles. The van der Waals surface area contributed by atoms with E-state index in [1.54, 1.807) is 30.3 Å². The zero-order valence-corrected chi connectivity index (χ0v) is 14.7. The second-order valence-corrected chi connectivity index (χ2v) is 5.80. The van der Waals surface area contributed by atoms with Crippen molar-refractivity contribution in [2.45, 2.75) is 6.92 Å². The monoisotopic (exact) mass is 378 g/mol. The molecular formula is C20H14N2O6. The van der Waals surface area contributed by atoms with Gasteiger partial charge in [-0.2, -0.15) is 0 Å². The van der Waals surface area contributed by atoms with Gasteiger partial charge in [-0.1, -0.05) is 18.2 Å². The number of hydrogen-bond donors (Lipinski definition) is 1. The Morgan fingerprint density at radius 3 is 2.39 bits per heavy atom. The number of non-ortho nitro benzene ring substituents is 1. The minimum absolute atomic E-state index is 0.0515. The summed E-state index contributed by atoms with van der Waals surface area (Å²) < 4.78 is 5.19. The number of carbonyl (C=O) groups is 2. The Labute approximate surface area is 158 Å². The summed E-state index contributed by atoms with van der Waals surface area (Å²) in [5.41, 5.74) is 0.884. The lowest BCUT2D eigenvalue weighted by Gasteiger charge is -2.12. The van der Waals surface area contributed by atoms with E-state index in [1.807, 2.05) is 0 Å². The van der Waals surface area contributed by atoms with E-state index >= 15 is 0 Å². The van der Waals surface area contributed by atoms with Crippen molar-refractivity contribution in [1.29, 1.82) is 0 Å². The fourth-order valence-corrected chi connectivity index (χ4v) is 2.66. The van der Waals surface area contributed by atoms with E-state index in [9.17, 15) is 24.8 Å². The van der Waals surface area contributed by atoms with Gasteiger partial charge in [0.15, 0.2) is 5.75 Å². The van der Waals surface area contributed by atoms with Crippen LogP contribution in [0.3, 0.4) is 0 Å². The third kappa shape index (κ3) is 3.85. The highest BCUT2D eigenvalue weighted by atomic mass is 16.6. The van der Waals surface area contributed by atoms with Gasteiger partial charge in [0.25, 0.3) is 5.69 Å². The van der Waals surface area contributed by atoms with Crippen LogP contribution >= 0.6 is 0 Å². The molecule has 0 aliphatic heterocycles. The summed E-state index contributed by atoms with van der Waals surface area (Å²) in [6.45, 7) is 1.19. The summed E-state index contributed by atoms with van der Waals surface area (Å²) in [4.78, 5) is 37.9. The number of fused-ring (bicyclic) bond motifs is 1. The van der Waals surface area contributed by atoms with Crippen molar-refractivity contribution < 1.29 is 24.4 Å². The molecule has 8 nitrogen and oxygen atoms in total. The summed E-state index contributed by atoms with van der Waals surface area (Å²) in [5, 5.41) is 20.8. The molecule has 1 aromatic heterocycles. The highest BCUT2D eigenvalue weighted by Gasteiger charge is 2.22. The number of hydrogen-bond acceptors (Lipinski definition) is 6. The summed E-state index contributed by atoms with van der Waals surface area (Å²) in [6, 6.07) is 12.5. The number of aromatic carboxylic acids is 1. The summed E-state index contributed by atoms with van der Waals surface area (Å²) in [5.74, 6) is -2.02. The number of benzene rings is 2. The molecule has 1 N–H and O–H groups in total. The van der Waals surface area contributed by atoms with E-state index in [4.69, 9.17) is 4.74 Å². The quantitative estimate of drug-likeness (QED) is 0.406. The summed E-state index contributed by atoms with van der Waals surface area (Å²) in [7, 11) is 0. The van der Waals surface area contributed by atoms with Gasteiger partial charge in [-0.3, -0.25) is 14.9 Å². The molecule has 0 spiro atoms. The molecule has 0 amide bonds. The van der Waals surface area contributed by atoms with Crippen LogP contribution in [-0.2, 0) is 4.79 Å². The molecule has 0 fully saturated rings. The average Bonchev–Trinajstić information content (AvgIpc) is 2.65. The minimum atomic E-state index is -1.29. The highest BCUT2D eigenvalue weighted by molar-refractivity contribution is 6.03. The molecule has 0 aliphatic carbocycles. The Bertz CT molecular complexity index is 1120. The molecule has 0 saturated heterocycles. The van der Waals surface area contributed by atoms with Crippen LogP contribution in [0.2, 0.25) is 0 Å². The van der Waals surface area contributed by atoms with Crippen LogP contribution in [0, 0.1) is 10.1 Å². The summed E-state index contributed by atoms with van der Waals surface area (Å²) in [6.07, 6.45) is 3.04. The molecule has 0 atom stereocenters. The van der Waals surface area contributed by atoms with Crippen molar-refractivity contribution in [2.24, 2.45) is 0 Å². The van der Waals surface area contributed by atoms with Crippen LogP contribution in [0.25, 0.3) is 23.1 Å². The Morgan fingerprint density at radius 1 is 1.11 bits per heavy atom. The smallest absolute Gasteiger partial charge is 0.341 e. The first-order valence-corrected chi connectivity index (χ1v) is 8.14. The number of nitro groups is 1. The maximum atomic E-state index is 11.9. The van der Waals surface area contributed by atoms with E-state index in [-0.39, 0.29) is 22.7 Å². The van der Waals surface area contributed by atoms with Gasteiger partial charge in [0.2, 0.25) is 0 Å². The number of pyridine rings is 1. The number of esters is 1. The lowest BCUT2D eigenvalue weighted by Crippen LogP contribution is -2.11. The molecule has 140 valence electrons. The number of nitrogens with zero attached hydrogens (tertiary/aromatic N) is 2.